The Morgan fingerprint density at radius 1 is 1.19 bits per heavy atom. The second kappa shape index (κ2) is 5.30. The van der Waals surface area contributed by atoms with Crippen molar-refractivity contribution in [3.8, 4) is 0 Å². The van der Waals surface area contributed by atoms with Crippen LogP contribution in [0.15, 0.2) is 0 Å². The molecule has 96 valence electrons. The van der Waals surface area contributed by atoms with E-state index in [-0.39, 0.29) is 0 Å². The van der Waals surface area contributed by atoms with Gasteiger partial charge in [0.2, 0.25) is 0 Å². The van der Waals surface area contributed by atoms with Crippen LogP contribution in [0.2, 0.25) is 0 Å². The van der Waals surface area contributed by atoms with Gasteiger partial charge in [-0.2, -0.15) is 11.8 Å². The molecule has 0 radical (unpaired) electrons. The molecule has 0 amide bonds. The van der Waals surface area contributed by atoms with Gasteiger partial charge in [-0.05, 0) is 43.3 Å². The molecule has 16 heavy (non-hydrogen) atoms. The smallest absolute Gasteiger partial charge is 0.0132 e. The van der Waals surface area contributed by atoms with Crippen molar-refractivity contribution >= 4 is 11.8 Å². The Balaban J connectivity index is 2.54. The molecule has 1 N–H and O–H groups in total. The Labute approximate surface area is 106 Å². The molecule has 1 aliphatic rings. The first-order chi connectivity index (χ1) is 7.24. The van der Waals surface area contributed by atoms with Crippen LogP contribution >= 0.6 is 11.8 Å². The molecule has 1 saturated carbocycles. The molecule has 1 aliphatic carbocycles. The largest absolute Gasteiger partial charge is 0.311 e. The topological polar surface area (TPSA) is 12.0 Å². The minimum absolute atomic E-state index is 0.499. The average Bonchev–Trinajstić information content (AvgIpc) is 1.96. The minimum atomic E-state index is 0.499. The normalized spacial score (nSPS) is 26.6. The number of nitrogens with one attached hydrogen (secondary N) is 1. The third-order valence-corrected chi connectivity index (χ3v) is 4.33. The molecule has 0 aromatic rings. The van der Waals surface area contributed by atoms with Gasteiger partial charge < -0.3 is 5.32 Å². The van der Waals surface area contributed by atoms with E-state index in [1.807, 2.05) is 11.8 Å². The Bertz CT molecular complexity index is 207. The standard InChI is InChI=1S/C14H29NS/c1-11(9-16-6)15-12-7-13(2,3)10-14(4,5)8-12/h11-12,15H,7-10H2,1-6H3. The zero-order valence-electron chi connectivity index (χ0n) is 11.9. The summed E-state index contributed by atoms with van der Waals surface area (Å²) in [6.07, 6.45) is 6.20. The van der Waals surface area contributed by atoms with Gasteiger partial charge in [-0.3, -0.25) is 0 Å². The fourth-order valence-corrected chi connectivity index (χ4v) is 4.26. The summed E-state index contributed by atoms with van der Waals surface area (Å²) in [6, 6.07) is 1.35. The molecule has 1 nitrogen and oxygen atoms in total. The van der Waals surface area contributed by atoms with Crippen molar-refractivity contribution in [1.29, 1.82) is 0 Å². The molecule has 1 fully saturated rings. The average molecular weight is 243 g/mol. The van der Waals surface area contributed by atoms with Gasteiger partial charge in [0.1, 0.15) is 0 Å². The van der Waals surface area contributed by atoms with Crippen LogP contribution in [0.5, 0.6) is 0 Å². The molecule has 1 atom stereocenters. The zero-order chi connectivity index (χ0) is 12.4. The van der Waals surface area contributed by atoms with E-state index in [2.05, 4.69) is 46.2 Å². The Morgan fingerprint density at radius 3 is 2.12 bits per heavy atom. The number of hydrogen-bond donors (Lipinski definition) is 1. The van der Waals surface area contributed by atoms with Gasteiger partial charge in [0, 0.05) is 17.8 Å². The predicted molar refractivity (Wildman–Crippen MR) is 76.2 cm³/mol. The van der Waals surface area contributed by atoms with Gasteiger partial charge in [-0.15, -0.1) is 0 Å². The Hall–Kier alpha value is 0.310. The molecule has 0 heterocycles. The zero-order valence-corrected chi connectivity index (χ0v) is 12.7. The molecule has 0 aromatic heterocycles. The first kappa shape index (κ1) is 14.4. The lowest BCUT2D eigenvalue weighted by Gasteiger charge is -2.46. The van der Waals surface area contributed by atoms with Gasteiger partial charge >= 0.3 is 0 Å². The SMILES string of the molecule is CSCC(C)NC1CC(C)(C)CC(C)(C)C1. The van der Waals surface area contributed by atoms with Crippen molar-refractivity contribution in [1.82, 2.24) is 5.32 Å². The summed E-state index contributed by atoms with van der Waals surface area (Å²) in [5.41, 5.74) is 0.997. The van der Waals surface area contributed by atoms with Crippen molar-refractivity contribution in [2.24, 2.45) is 10.8 Å². The molecule has 0 spiro atoms. The first-order valence-electron chi connectivity index (χ1n) is 6.49. The highest BCUT2D eigenvalue weighted by Gasteiger charge is 2.38. The van der Waals surface area contributed by atoms with Gasteiger partial charge in [0.15, 0.2) is 0 Å². The molecule has 2 heteroatoms. The van der Waals surface area contributed by atoms with Crippen LogP contribution in [0.1, 0.15) is 53.9 Å². The maximum atomic E-state index is 3.81. The summed E-state index contributed by atoms with van der Waals surface area (Å²) in [5.74, 6) is 1.22. The fourth-order valence-electron chi connectivity index (χ4n) is 3.66. The summed E-state index contributed by atoms with van der Waals surface area (Å²) < 4.78 is 0. The number of hydrogen-bond acceptors (Lipinski definition) is 2. The van der Waals surface area contributed by atoms with E-state index >= 15 is 0 Å². The summed E-state index contributed by atoms with van der Waals surface area (Å²) in [6.45, 7) is 12.0. The highest BCUT2D eigenvalue weighted by molar-refractivity contribution is 7.98. The maximum absolute atomic E-state index is 3.81. The van der Waals surface area contributed by atoms with E-state index < -0.39 is 0 Å². The van der Waals surface area contributed by atoms with Crippen LogP contribution in [0.3, 0.4) is 0 Å². The molecule has 0 aromatic carbocycles. The van der Waals surface area contributed by atoms with E-state index in [0.29, 0.717) is 22.9 Å². The maximum Gasteiger partial charge on any atom is 0.0132 e. The van der Waals surface area contributed by atoms with Crippen LogP contribution in [0.25, 0.3) is 0 Å². The summed E-state index contributed by atoms with van der Waals surface area (Å²) >= 11 is 1.94. The van der Waals surface area contributed by atoms with Crippen molar-refractivity contribution < 1.29 is 0 Å². The van der Waals surface area contributed by atoms with E-state index in [9.17, 15) is 0 Å². The van der Waals surface area contributed by atoms with Gasteiger partial charge in [-0.25, -0.2) is 0 Å². The van der Waals surface area contributed by atoms with E-state index in [1.54, 1.807) is 0 Å². The second-order valence-electron chi connectivity index (χ2n) is 7.13. The summed E-state index contributed by atoms with van der Waals surface area (Å²) in [4.78, 5) is 0. The molecule has 1 rings (SSSR count). The highest BCUT2D eigenvalue weighted by Crippen LogP contribution is 2.45. The summed E-state index contributed by atoms with van der Waals surface area (Å²) in [7, 11) is 0. The van der Waals surface area contributed by atoms with Crippen LogP contribution in [-0.2, 0) is 0 Å². The molecular formula is C14H29NS. The third-order valence-electron chi connectivity index (χ3n) is 3.49. The van der Waals surface area contributed by atoms with E-state index in [0.717, 1.165) is 0 Å². The van der Waals surface area contributed by atoms with E-state index in [4.69, 9.17) is 0 Å². The van der Waals surface area contributed by atoms with Crippen LogP contribution in [0, 0.1) is 10.8 Å². The highest BCUT2D eigenvalue weighted by atomic mass is 32.2. The quantitative estimate of drug-likeness (QED) is 0.803. The van der Waals surface area contributed by atoms with Crippen LogP contribution < -0.4 is 5.32 Å². The van der Waals surface area contributed by atoms with Crippen LogP contribution in [-0.4, -0.2) is 24.1 Å². The lowest BCUT2D eigenvalue weighted by Crippen LogP contribution is -2.47. The molecule has 0 saturated heterocycles. The number of thioether (sulfide) groups is 1. The van der Waals surface area contributed by atoms with Crippen molar-refractivity contribution in [3.63, 3.8) is 0 Å². The summed E-state index contributed by atoms with van der Waals surface area (Å²) in [5, 5.41) is 3.81. The van der Waals surface area contributed by atoms with Gasteiger partial charge in [-0.1, -0.05) is 27.7 Å². The minimum Gasteiger partial charge on any atom is -0.311 e. The van der Waals surface area contributed by atoms with E-state index in [1.165, 1.54) is 25.0 Å². The molecule has 1 unspecified atom stereocenters. The Morgan fingerprint density at radius 2 is 1.69 bits per heavy atom. The number of rotatable bonds is 4. The fraction of sp³-hybridized carbons (Fsp3) is 1.00. The lowest BCUT2D eigenvalue weighted by molar-refractivity contribution is 0.0822. The molecule has 0 aliphatic heterocycles. The molecule has 0 bridgehead atoms. The second-order valence-corrected chi connectivity index (χ2v) is 8.04. The molecular weight excluding hydrogens is 214 g/mol. The Kier molecular flexibility index (Phi) is 4.76. The van der Waals surface area contributed by atoms with Gasteiger partial charge in [0.25, 0.3) is 0 Å². The monoisotopic (exact) mass is 243 g/mol. The first-order valence-corrected chi connectivity index (χ1v) is 7.88. The van der Waals surface area contributed by atoms with Crippen molar-refractivity contribution in [3.05, 3.63) is 0 Å². The van der Waals surface area contributed by atoms with Gasteiger partial charge in [0.05, 0.1) is 0 Å². The van der Waals surface area contributed by atoms with Crippen molar-refractivity contribution in [2.75, 3.05) is 12.0 Å². The third kappa shape index (κ3) is 4.67. The van der Waals surface area contributed by atoms with Crippen molar-refractivity contribution in [2.45, 2.75) is 66.0 Å². The predicted octanol–water partition coefficient (Wildman–Crippen LogP) is 3.93. The lowest BCUT2D eigenvalue weighted by atomic mass is 9.63. The van der Waals surface area contributed by atoms with Crippen LogP contribution in [0.4, 0.5) is 0 Å².